The third-order valence-corrected chi connectivity index (χ3v) is 5.51. The van der Waals surface area contributed by atoms with E-state index in [9.17, 15) is 4.79 Å². The van der Waals surface area contributed by atoms with E-state index in [-0.39, 0.29) is 17.5 Å². The number of hydrogen-bond donors (Lipinski definition) is 1. The first-order valence-electron chi connectivity index (χ1n) is 12.4. The third kappa shape index (κ3) is 23.6. The van der Waals surface area contributed by atoms with Gasteiger partial charge < -0.3 is 15.6 Å². The second kappa shape index (κ2) is 18.7. The highest BCUT2D eigenvalue weighted by Crippen LogP contribution is 2.22. The van der Waals surface area contributed by atoms with Crippen molar-refractivity contribution in [3.8, 4) is 0 Å². The van der Waals surface area contributed by atoms with E-state index in [1.54, 1.807) is 6.08 Å². The van der Waals surface area contributed by atoms with Gasteiger partial charge in [0.2, 0.25) is 0 Å². The Morgan fingerprint density at radius 2 is 1.35 bits per heavy atom. The summed E-state index contributed by atoms with van der Waals surface area (Å²) in [5.41, 5.74) is 1.25. The van der Waals surface area contributed by atoms with Crippen LogP contribution in [-0.4, -0.2) is 25.8 Å². The normalized spacial score (nSPS) is 14.3. The third-order valence-electron chi connectivity index (χ3n) is 5.51. The van der Waals surface area contributed by atoms with Gasteiger partial charge >= 0.3 is 5.97 Å². The summed E-state index contributed by atoms with van der Waals surface area (Å²) >= 11 is 0. The molecule has 4 nitrogen and oxygen atoms in total. The molecule has 31 heavy (non-hydrogen) atoms. The van der Waals surface area contributed by atoms with Crippen LogP contribution in [0.25, 0.3) is 0 Å². The molecule has 0 aliphatic heterocycles. The first kappa shape index (κ1) is 32.3. The van der Waals surface area contributed by atoms with Crippen LogP contribution in [0, 0.1) is 23.2 Å². The van der Waals surface area contributed by atoms with Gasteiger partial charge in [0.05, 0.1) is 13.2 Å². The molecule has 0 aliphatic carbocycles. The quantitative estimate of drug-likeness (QED) is 0.140. The first-order chi connectivity index (χ1) is 14.0. The monoisotopic (exact) mass is 441 g/mol. The topological polar surface area (TPSA) is 70.5 Å². The molecular formula is C27H55NO3. The molecule has 0 fully saturated rings. The maximum atomic E-state index is 11.9. The number of ether oxygens (including phenoxy) is 2. The van der Waals surface area contributed by atoms with Crippen LogP contribution < -0.4 is 6.15 Å². The van der Waals surface area contributed by atoms with Crippen molar-refractivity contribution in [3.05, 3.63) is 11.6 Å². The van der Waals surface area contributed by atoms with Gasteiger partial charge in [-0.05, 0) is 42.9 Å². The Morgan fingerprint density at radius 1 is 0.839 bits per heavy atom. The van der Waals surface area contributed by atoms with Crippen LogP contribution in [0.4, 0.5) is 0 Å². The molecule has 0 aromatic rings. The molecule has 0 amide bonds. The molecule has 0 radical (unpaired) electrons. The van der Waals surface area contributed by atoms with Crippen molar-refractivity contribution in [1.82, 2.24) is 6.15 Å². The SMILES string of the molecule is C/C(=C\C(=O)OCCOCC(C)(C)C)CCC[C@H](C)CCC[C@H](C)CCCC(C)C.N. The van der Waals surface area contributed by atoms with Crippen LogP contribution in [0.15, 0.2) is 11.6 Å². The van der Waals surface area contributed by atoms with Crippen molar-refractivity contribution in [2.24, 2.45) is 23.2 Å². The maximum absolute atomic E-state index is 11.9. The first-order valence-corrected chi connectivity index (χ1v) is 12.4. The summed E-state index contributed by atoms with van der Waals surface area (Å²) in [4.78, 5) is 11.9. The fourth-order valence-corrected chi connectivity index (χ4v) is 3.60. The zero-order valence-corrected chi connectivity index (χ0v) is 22.2. The van der Waals surface area contributed by atoms with E-state index in [0.717, 1.165) is 36.2 Å². The Hall–Kier alpha value is -0.870. The minimum absolute atomic E-state index is 0. The van der Waals surface area contributed by atoms with E-state index in [4.69, 9.17) is 9.47 Å². The van der Waals surface area contributed by atoms with Crippen LogP contribution in [0.1, 0.15) is 113 Å². The van der Waals surface area contributed by atoms with E-state index < -0.39 is 0 Å². The van der Waals surface area contributed by atoms with Crippen molar-refractivity contribution in [3.63, 3.8) is 0 Å². The summed E-state index contributed by atoms with van der Waals surface area (Å²) in [6.07, 6.45) is 13.2. The van der Waals surface area contributed by atoms with Crippen molar-refractivity contribution in [2.75, 3.05) is 19.8 Å². The number of allylic oxidation sites excluding steroid dienone is 1. The molecule has 0 rings (SSSR count). The number of carbonyl (C=O) groups excluding carboxylic acids is 1. The molecule has 2 atom stereocenters. The Kier molecular flexibility index (Phi) is 19.5. The standard InChI is InChI=1S/C27H52O3.H3N/c1-22(2)12-9-13-23(3)14-10-15-24(4)16-11-17-25(5)20-26(28)30-19-18-29-21-27(6,7)8;/h20,22-24H,9-19,21H2,1-8H3;1H3/b25-20+;/t23-,24-;/m1./s1. The lowest BCUT2D eigenvalue weighted by Crippen LogP contribution is -2.17. The zero-order valence-electron chi connectivity index (χ0n) is 22.2. The molecule has 0 spiro atoms. The molecule has 0 unspecified atom stereocenters. The maximum Gasteiger partial charge on any atom is 0.330 e. The van der Waals surface area contributed by atoms with E-state index in [1.165, 1.54) is 44.9 Å². The van der Waals surface area contributed by atoms with Crippen molar-refractivity contribution >= 4 is 5.97 Å². The zero-order chi connectivity index (χ0) is 23.0. The molecule has 0 saturated carbocycles. The lowest BCUT2D eigenvalue weighted by atomic mass is 9.91. The van der Waals surface area contributed by atoms with Gasteiger partial charge in [0, 0.05) is 6.08 Å². The lowest BCUT2D eigenvalue weighted by Gasteiger charge is -2.17. The average Bonchev–Trinajstić information content (AvgIpc) is 2.60. The number of esters is 1. The summed E-state index contributed by atoms with van der Waals surface area (Å²) in [5, 5.41) is 0. The molecule has 0 aliphatic rings. The summed E-state index contributed by atoms with van der Waals surface area (Å²) in [6.45, 7) is 19.3. The summed E-state index contributed by atoms with van der Waals surface area (Å²) in [6, 6.07) is 0. The highest BCUT2D eigenvalue weighted by atomic mass is 16.6. The lowest BCUT2D eigenvalue weighted by molar-refractivity contribution is -0.139. The van der Waals surface area contributed by atoms with Crippen LogP contribution in [0.3, 0.4) is 0 Å². The fraction of sp³-hybridized carbons (Fsp3) is 0.889. The van der Waals surface area contributed by atoms with Gasteiger partial charge in [0.15, 0.2) is 0 Å². The largest absolute Gasteiger partial charge is 0.460 e. The highest BCUT2D eigenvalue weighted by Gasteiger charge is 2.10. The van der Waals surface area contributed by atoms with Crippen LogP contribution in [0.2, 0.25) is 0 Å². The van der Waals surface area contributed by atoms with Crippen LogP contribution in [-0.2, 0) is 14.3 Å². The Bertz CT molecular complexity index is 466. The van der Waals surface area contributed by atoms with Gasteiger partial charge in [-0.3, -0.25) is 0 Å². The molecule has 0 bridgehead atoms. The van der Waals surface area contributed by atoms with Gasteiger partial charge in [-0.2, -0.15) is 0 Å². The Morgan fingerprint density at radius 3 is 1.87 bits per heavy atom. The summed E-state index contributed by atoms with van der Waals surface area (Å²) in [5.74, 6) is 2.23. The molecule has 0 heterocycles. The van der Waals surface area contributed by atoms with Crippen LogP contribution >= 0.6 is 0 Å². The highest BCUT2D eigenvalue weighted by molar-refractivity contribution is 5.82. The van der Waals surface area contributed by atoms with E-state index >= 15 is 0 Å². The number of rotatable bonds is 17. The average molecular weight is 442 g/mol. The summed E-state index contributed by atoms with van der Waals surface area (Å²) < 4.78 is 10.8. The Labute approximate surface area is 194 Å². The minimum atomic E-state index is -0.244. The molecule has 3 N–H and O–H groups in total. The van der Waals surface area contributed by atoms with Gasteiger partial charge in [0.1, 0.15) is 6.61 Å². The molecule has 0 saturated heterocycles. The van der Waals surface area contributed by atoms with Crippen molar-refractivity contribution in [2.45, 2.75) is 113 Å². The fourth-order valence-electron chi connectivity index (χ4n) is 3.60. The second-order valence-electron chi connectivity index (χ2n) is 11.1. The van der Waals surface area contributed by atoms with Gasteiger partial charge in [0.25, 0.3) is 0 Å². The van der Waals surface area contributed by atoms with Crippen molar-refractivity contribution in [1.29, 1.82) is 0 Å². The molecule has 186 valence electrons. The molecule has 4 heteroatoms. The van der Waals surface area contributed by atoms with E-state index in [0.29, 0.717) is 19.8 Å². The number of carbonyl (C=O) groups is 1. The van der Waals surface area contributed by atoms with E-state index in [1.807, 2.05) is 6.92 Å². The molecular weight excluding hydrogens is 386 g/mol. The van der Waals surface area contributed by atoms with Gasteiger partial charge in [-0.15, -0.1) is 0 Å². The van der Waals surface area contributed by atoms with Crippen molar-refractivity contribution < 1.29 is 14.3 Å². The van der Waals surface area contributed by atoms with Crippen LogP contribution in [0.5, 0.6) is 0 Å². The second-order valence-corrected chi connectivity index (χ2v) is 11.1. The van der Waals surface area contributed by atoms with Gasteiger partial charge in [-0.1, -0.05) is 99.0 Å². The molecule has 0 aromatic carbocycles. The Balaban J connectivity index is 0. The minimum Gasteiger partial charge on any atom is -0.460 e. The summed E-state index contributed by atoms with van der Waals surface area (Å²) in [7, 11) is 0. The predicted octanol–water partition coefficient (Wildman–Crippen LogP) is 8.14. The molecule has 0 aromatic heterocycles. The van der Waals surface area contributed by atoms with E-state index in [2.05, 4.69) is 48.5 Å². The predicted molar refractivity (Wildman–Crippen MR) is 135 cm³/mol. The smallest absolute Gasteiger partial charge is 0.330 e. The van der Waals surface area contributed by atoms with Gasteiger partial charge in [-0.25, -0.2) is 4.79 Å². The number of hydrogen-bond acceptors (Lipinski definition) is 4.